The number of hydrogen-bond acceptors (Lipinski definition) is 1. The van der Waals surface area contributed by atoms with Gasteiger partial charge in [-0.25, -0.2) is 0 Å². The summed E-state index contributed by atoms with van der Waals surface area (Å²) < 4.78 is 7.02. The fourth-order valence-corrected chi connectivity index (χ4v) is 2.50. The molecule has 90 valence electrons. The molecule has 1 heterocycles. The van der Waals surface area contributed by atoms with Gasteiger partial charge in [-0.2, -0.15) is 0 Å². The lowest BCUT2D eigenvalue weighted by Gasteiger charge is -2.06. The van der Waals surface area contributed by atoms with Crippen LogP contribution in [0.2, 0.25) is 0 Å². The molecular weight excluding hydrogens is 337 g/mol. The molecule has 0 radical (unpaired) electrons. The number of benzene rings is 2. The molecule has 0 fully saturated rings. The van der Waals surface area contributed by atoms with Crippen LogP contribution in [0.4, 0.5) is 0 Å². The molecule has 0 spiro atoms. The molecule has 0 aliphatic rings. The fourth-order valence-electron chi connectivity index (χ4n) is 1.90. The summed E-state index contributed by atoms with van der Waals surface area (Å²) in [6.07, 6.45) is 2.01. The van der Waals surface area contributed by atoms with Crippen LogP contribution in [-0.4, -0.2) is 4.98 Å². The van der Waals surface area contributed by atoms with Crippen molar-refractivity contribution in [1.29, 1.82) is 0 Å². The van der Waals surface area contributed by atoms with Gasteiger partial charge in [-0.15, -0.1) is 0 Å². The molecule has 2 aromatic carbocycles. The molecule has 0 saturated carbocycles. The van der Waals surface area contributed by atoms with Crippen LogP contribution in [0.5, 0.6) is 5.75 Å². The summed E-state index contributed by atoms with van der Waals surface area (Å²) in [5.41, 5.74) is 2.33. The number of rotatable bonds is 3. The van der Waals surface area contributed by atoms with Gasteiger partial charge in [0.2, 0.25) is 0 Å². The van der Waals surface area contributed by atoms with E-state index >= 15 is 0 Å². The molecule has 3 rings (SSSR count). The van der Waals surface area contributed by atoms with Crippen molar-refractivity contribution in [3.8, 4) is 5.75 Å². The van der Waals surface area contributed by atoms with E-state index in [-0.39, 0.29) is 0 Å². The van der Waals surface area contributed by atoms with Crippen molar-refractivity contribution in [1.82, 2.24) is 4.98 Å². The largest absolute Gasteiger partial charge is 0.489 e. The molecule has 0 aliphatic heterocycles. The third-order valence-corrected chi connectivity index (χ3v) is 3.74. The van der Waals surface area contributed by atoms with E-state index in [4.69, 9.17) is 4.74 Å². The van der Waals surface area contributed by atoms with Gasteiger partial charge in [0, 0.05) is 20.7 Å². The van der Waals surface area contributed by atoms with E-state index in [1.54, 1.807) is 0 Å². The maximum atomic E-state index is 5.81. The van der Waals surface area contributed by atoms with Crippen molar-refractivity contribution in [3.63, 3.8) is 0 Å². The van der Waals surface area contributed by atoms with Crippen LogP contribution in [0, 0.1) is 3.57 Å². The molecule has 0 bridgehead atoms. The highest BCUT2D eigenvalue weighted by Gasteiger charge is 2.02. The van der Waals surface area contributed by atoms with Crippen molar-refractivity contribution in [2.24, 2.45) is 0 Å². The predicted molar refractivity (Wildman–Crippen MR) is 81.8 cm³/mol. The second-order valence-electron chi connectivity index (χ2n) is 4.12. The zero-order chi connectivity index (χ0) is 12.4. The zero-order valence-corrected chi connectivity index (χ0v) is 11.8. The van der Waals surface area contributed by atoms with Crippen LogP contribution in [0.3, 0.4) is 0 Å². The molecule has 3 aromatic rings. The summed E-state index contributed by atoms with van der Waals surface area (Å²) in [5.74, 6) is 0.906. The van der Waals surface area contributed by atoms with E-state index in [0.717, 1.165) is 11.3 Å². The summed E-state index contributed by atoms with van der Waals surface area (Å²) in [7, 11) is 0. The molecule has 0 atom stereocenters. The maximum Gasteiger partial charge on any atom is 0.120 e. The second kappa shape index (κ2) is 5.02. The summed E-state index contributed by atoms with van der Waals surface area (Å²) in [6.45, 7) is 0.605. The minimum atomic E-state index is 0.605. The van der Waals surface area contributed by atoms with Gasteiger partial charge in [-0.05, 0) is 46.4 Å². The first kappa shape index (κ1) is 11.6. The molecule has 3 heteroatoms. The van der Waals surface area contributed by atoms with Gasteiger partial charge in [0.1, 0.15) is 12.4 Å². The number of H-pyrrole nitrogens is 1. The SMILES string of the molecule is Ic1c[nH]c2ccc(OCc3ccccc3)cc12. The van der Waals surface area contributed by atoms with Gasteiger partial charge in [0.15, 0.2) is 0 Å². The van der Waals surface area contributed by atoms with Gasteiger partial charge >= 0.3 is 0 Å². The summed E-state index contributed by atoms with van der Waals surface area (Å²) in [4.78, 5) is 3.23. The van der Waals surface area contributed by atoms with Crippen molar-refractivity contribution in [2.45, 2.75) is 6.61 Å². The fraction of sp³-hybridized carbons (Fsp3) is 0.0667. The molecule has 0 saturated heterocycles. The Kier molecular flexibility index (Phi) is 3.23. The van der Waals surface area contributed by atoms with Crippen LogP contribution in [-0.2, 0) is 6.61 Å². The number of hydrogen-bond donors (Lipinski definition) is 1. The van der Waals surface area contributed by atoms with Gasteiger partial charge in [-0.3, -0.25) is 0 Å². The Hall–Kier alpha value is -1.49. The zero-order valence-electron chi connectivity index (χ0n) is 9.69. The minimum absolute atomic E-state index is 0.605. The van der Waals surface area contributed by atoms with Crippen LogP contribution in [0.1, 0.15) is 5.56 Å². The number of aromatic nitrogens is 1. The second-order valence-corrected chi connectivity index (χ2v) is 5.28. The molecule has 1 N–H and O–H groups in total. The van der Waals surface area contributed by atoms with Gasteiger partial charge < -0.3 is 9.72 Å². The molecule has 0 amide bonds. The molecule has 18 heavy (non-hydrogen) atoms. The lowest BCUT2D eigenvalue weighted by atomic mass is 10.2. The average molecular weight is 349 g/mol. The van der Waals surface area contributed by atoms with E-state index in [0.29, 0.717) is 6.61 Å². The molecule has 1 aromatic heterocycles. The Morgan fingerprint density at radius 1 is 1.06 bits per heavy atom. The lowest BCUT2D eigenvalue weighted by Crippen LogP contribution is -1.94. The smallest absolute Gasteiger partial charge is 0.120 e. The Balaban J connectivity index is 1.80. The van der Waals surface area contributed by atoms with Crippen LogP contribution in [0.15, 0.2) is 54.7 Å². The lowest BCUT2D eigenvalue weighted by molar-refractivity contribution is 0.306. The van der Waals surface area contributed by atoms with Gasteiger partial charge in [0.25, 0.3) is 0 Å². The summed E-state index contributed by atoms with van der Waals surface area (Å²) in [5, 5.41) is 1.21. The molecule has 2 nitrogen and oxygen atoms in total. The predicted octanol–water partition coefficient (Wildman–Crippen LogP) is 4.35. The number of nitrogens with one attached hydrogen (secondary N) is 1. The molecular formula is C15H12INO. The average Bonchev–Trinajstić information content (AvgIpc) is 2.79. The number of aromatic amines is 1. The van der Waals surface area contributed by atoms with E-state index in [1.165, 1.54) is 14.5 Å². The van der Waals surface area contributed by atoms with Crippen molar-refractivity contribution >= 4 is 33.5 Å². The van der Waals surface area contributed by atoms with Gasteiger partial charge in [-0.1, -0.05) is 30.3 Å². The van der Waals surface area contributed by atoms with Crippen molar-refractivity contribution in [2.75, 3.05) is 0 Å². The first-order valence-electron chi connectivity index (χ1n) is 5.76. The Morgan fingerprint density at radius 2 is 1.89 bits per heavy atom. The quantitative estimate of drug-likeness (QED) is 0.699. The highest BCUT2D eigenvalue weighted by Crippen LogP contribution is 2.25. The normalized spacial score (nSPS) is 10.7. The first-order chi connectivity index (χ1) is 8.83. The van der Waals surface area contributed by atoms with E-state index < -0.39 is 0 Å². The Morgan fingerprint density at radius 3 is 2.72 bits per heavy atom. The number of fused-ring (bicyclic) bond motifs is 1. The van der Waals surface area contributed by atoms with Crippen molar-refractivity contribution in [3.05, 3.63) is 63.9 Å². The van der Waals surface area contributed by atoms with E-state index in [2.05, 4.69) is 51.8 Å². The minimum Gasteiger partial charge on any atom is -0.489 e. The maximum absolute atomic E-state index is 5.81. The number of halogens is 1. The monoisotopic (exact) mass is 349 g/mol. The van der Waals surface area contributed by atoms with Crippen molar-refractivity contribution < 1.29 is 4.74 Å². The van der Waals surface area contributed by atoms with Crippen LogP contribution < -0.4 is 4.74 Å². The molecule has 0 aliphatic carbocycles. The summed E-state index contributed by atoms with van der Waals surface area (Å²) in [6, 6.07) is 16.3. The molecule has 0 unspecified atom stereocenters. The highest BCUT2D eigenvalue weighted by molar-refractivity contribution is 14.1. The van der Waals surface area contributed by atoms with E-state index in [1.807, 2.05) is 30.5 Å². The van der Waals surface area contributed by atoms with Crippen LogP contribution >= 0.6 is 22.6 Å². The third-order valence-electron chi connectivity index (χ3n) is 2.85. The third kappa shape index (κ3) is 2.36. The highest BCUT2D eigenvalue weighted by atomic mass is 127. The van der Waals surface area contributed by atoms with E-state index in [9.17, 15) is 0 Å². The number of ether oxygens (including phenoxy) is 1. The first-order valence-corrected chi connectivity index (χ1v) is 6.84. The standard InChI is InChI=1S/C15H12INO/c16-14-9-17-15-7-6-12(8-13(14)15)18-10-11-4-2-1-3-5-11/h1-9,17H,10H2. The Bertz CT molecular complexity index is 661. The summed E-state index contributed by atoms with van der Waals surface area (Å²) >= 11 is 2.32. The topological polar surface area (TPSA) is 25.0 Å². The van der Waals surface area contributed by atoms with Gasteiger partial charge in [0.05, 0.1) is 0 Å². The Labute approximate surface area is 119 Å². The van der Waals surface area contributed by atoms with Crippen LogP contribution in [0.25, 0.3) is 10.9 Å².